The SMILES string of the molecule is CCCN(C)C[C@@H]1Oc2cc(C#CC3CC3)ccc2S(=O)(=O)N([C@@H](C)CO)C[C@@H]1C. The van der Waals surface area contributed by atoms with Crippen molar-refractivity contribution in [3.63, 3.8) is 0 Å². The van der Waals surface area contributed by atoms with Crippen LogP contribution in [0, 0.1) is 23.7 Å². The Bertz CT molecular complexity index is 902. The van der Waals surface area contributed by atoms with E-state index < -0.39 is 16.1 Å². The van der Waals surface area contributed by atoms with Crippen LogP contribution in [-0.2, 0) is 10.0 Å². The Morgan fingerprint density at radius 1 is 1.37 bits per heavy atom. The van der Waals surface area contributed by atoms with Crippen LogP contribution in [0.15, 0.2) is 23.1 Å². The van der Waals surface area contributed by atoms with Crippen molar-refractivity contribution < 1.29 is 18.3 Å². The fraction of sp³-hybridized carbons (Fsp3) is 0.652. The lowest BCUT2D eigenvalue weighted by molar-refractivity contribution is 0.0752. The highest BCUT2D eigenvalue weighted by atomic mass is 32.2. The second-order valence-corrected chi connectivity index (χ2v) is 10.6. The summed E-state index contributed by atoms with van der Waals surface area (Å²) < 4.78 is 34.6. The molecule has 0 saturated heterocycles. The van der Waals surface area contributed by atoms with Crippen LogP contribution in [0.5, 0.6) is 5.75 Å². The minimum atomic E-state index is -3.80. The molecule has 0 bridgehead atoms. The van der Waals surface area contributed by atoms with Gasteiger partial charge in [0.25, 0.3) is 0 Å². The monoisotopic (exact) mass is 434 g/mol. The molecule has 1 fully saturated rings. The van der Waals surface area contributed by atoms with Crippen LogP contribution in [0.2, 0.25) is 0 Å². The van der Waals surface area contributed by atoms with E-state index in [0.717, 1.165) is 31.4 Å². The Kier molecular flexibility index (Phi) is 7.46. The van der Waals surface area contributed by atoms with E-state index in [1.54, 1.807) is 25.1 Å². The maximum Gasteiger partial charge on any atom is 0.247 e. The molecule has 6 nitrogen and oxygen atoms in total. The Hall–Kier alpha value is -1.59. The standard InChI is InChI=1S/C23H34N2O4S/c1-5-12-24(4)15-22-17(2)14-25(18(3)16-26)30(27,28)23-11-10-20(13-21(23)29-22)9-8-19-6-7-19/h10-11,13,17-19,22,26H,5-7,12,14-16H2,1-4H3/t17-,18-,22-/m0/s1. The molecule has 30 heavy (non-hydrogen) atoms. The van der Waals surface area contributed by atoms with Crippen molar-refractivity contribution in [1.82, 2.24) is 9.21 Å². The quantitative estimate of drug-likeness (QED) is 0.697. The minimum Gasteiger partial charge on any atom is -0.487 e. The molecule has 0 amide bonds. The van der Waals surface area contributed by atoms with Gasteiger partial charge < -0.3 is 14.7 Å². The van der Waals surface area contributed by atoms with Crippen LogP contribution < -0.4 is 4.74 Å². The molecular weight excluding hydrogens is 400 g/mol. The lowest BCUT2D eigenvalue weighted by Gasteiger charge is -2.37. The van der Waals surface area contributed by atoms with Gasteiger partial charge in [-0.3, -0.25) is 0 Å². The molecule has 3 rings (SSSR count). The highest BCUT2D eigenvalue weighted by Gasteiger charge is 2.38. The Morgan fingerprint density at radius 2 is 2.10 bits per heavy atom. The van der Waals surface area contributed by atoms with E-state index in [1.165, 1.54) is 4.31 Å². The second-order valence-electron chi connectivity index (χ2n) is 8.71. The van der Waals surface area contributed by atoms with Gasteiger partial charge in [0.05, 0.1) is 6.61 Å². The largest absolute Gasteiger partial charge is 0.487 e. The van der Waals surface area contributed by atoms with Gasteiger partial charge in [0, 0.05) is 36.5 Å². The molecule has 7 heteroatoms. The molecular formula is C23H34N2O4S. The Balaban J connectivity index is 2.02. The summed E-state index contributed by atoms with van der Waals surface area (Å²) >= 11 is 0. The summed E-state index contributed by atoms with van der Waals surface area (Å²) in [6, 6.07) is 4.60. The average molecular weight is 435 g/mol. The number of benzene rings is 1. The summed E-state index contributed by atoms with van der Waals surface area (Å²) in [5, 5.41) is 9.71. The molecule has 0 spiro atoms. The third-order valence-corrected chi connectivity index (χ3v) is 7.78. The first kappa shape index (κ1) is 23.1. The highest BCUT2D eigenvalue weighted by molar-refractivity contribution is 7.89. The number of aliphatic hydroxyl groups excluding tert-OH is 1. The maximum atomic E-state index is 13.4. The molecule has 0 unspecified atom stereocenters. The van der Waals surface area contributed by atoms with Crippen LogP contribution in [0.4, 0.5) is 0 Å². The van der Waals surface area contributed by atoms with Crippen molar-refractivity contribution in [1.29, 1.82) is 0 Å². The summed E-state index contributed by atoms with van der Waals surface area (Å²) in [7, 11) is -1.74. The third kappa shape index (κ3) is 5.36. The summed E-state index contributed by atoms with van der Waals surface area (Å²) in [4.78, 5) is 2.36. The number of fused-ring (bicyclic) bond motifs is 1. The van der Waals surface area contributed by atoms with E-state index in [0.29, 0.717) is 24.8 Å². The van der Waals surface area contributed by atoms with Crippen LogP contribution in [-0.4, -0.2) is 68.2 Å². The number of hydrogen-bond acceptors (Lipinski definition) is 5. The normalized spacial score (nSPS) is 24.7. The molecule has 166 valence electrons. The predicted octanol–water partition coefficient (Wildman–Crippen LogP) is 2.56. The van der Waals surface area contributed by atoms with E-state index in [4.69, 9.17) is 4.74 Å². The molecule has 1 aliphatic carbocycles. The first-order valence-corrected chi connectivity index (χ1v) is 12.3. The topological polar surface area (TPSA) is 70.1 Å². The lowest BCUT2D eigenvalue weighted by Crippen LogP contribution is -2.49. The summed E-state index contributed by atoms with van der Waals surface area (Å²) in [5.41, 5.74) is 0.770. The van der Waals surface area contributed by atoms with Gasteiger partial charge in [-0.25, -0.2) is 8.42 Å². The van der Waals surface area contributed by atoms with Gasteiger partial charge >= 0.3 is 0 Å². The second kappa shape index (κ2) is 9.69. The average Bonchev–Trinajstić information content (AvgIpc) is 3.53. The van der Waals surface area contributed by atoms with Gasteiger partial charge in [-0.05, 0) is 58.0 Å². The highest BCUT2D eigenvalue weighted by Crippen LogP contribution is 2.34. The van der Waals surface area contributed by atoms with E-state index in [-0.39, 0.29) is 23.5 Å². The van der Waals surface area contributed by atoms with Crippen molar-refractivity contribution in [2.24, 2.45) is 11.8 Å². The van der Waals surface area contributed by atoms with Crippen molar-refractivity contribution in [3.8, 4) is 17.6 Å². The molecule has 0 radical (unpaired) electrons. The van der Waals surface area contributed by atoms with E-state index >= 15 is 0 Å². The van der Waals surface area contributed by atoms with E-state index in [2.05, 4.69) is 30.7 Å². The zero-order valence-electron chi connectivity index (χ0n) is 18.5. The van der Waals surface area contributed by atoms with Crippen LogP contribution >= 0.6 is 0 Å². The van der Waals surface area contributed by atoms with Gasteiger partial charge in [-0.2, -0.15) is 4.31 Å². The molecule has 2 aliphatic rings. The number of sulfonamides is 1. The molecule has 1 aromatic carbocycles. The lowest BCUT2D eigenvalue weighted by atomic mass is 10.0. The van der Waals surface area contributed by atoms with Crippen LogP contribution in [0.3, 0.4) is 0 Å². The van der Waals surface area contributed by atoms with E-state index in [1.807, 2.05) is 6.92 Å². The van der Waals surface area contributed by atoms with Gasteiger partial charge in [0.2, 0.25) is 10.0 Å². The summed E-state index contributed by atoms with van der Waals surface area (Å²) in [5.74, 6) is 7.17. The van der Waals surface area contributed by atoms with Crippen molar-refractivity contribution in [2.75, 3.05) is 33.3 Å². The molecule has 1 saturated carbocycles. The van der Waals surface area contributed by atoms with Crippen LogP contribution in [0.25, 0.3) is 0 Å². The summed E-state index contributed by atoms with van der Waals surface area (Å²) in [6.45, 7) is 7.61. The third-order valence-electron chi connectivity index (χ3n) is 5.76. The van der Waals surface area contributed by atoms with Crippen molar-refractivity contribution in [3.05, 3.63) is 23.8 Å². The fourth-order valence-electron chi connectivity index (χ4n) is 3.71. The first-order valence-electron chi connectivity index (χ1n) is 10.9. The molecule has 0 aromatic heterocycles. The van der Waals surface area contributed by atoms with Crippen molar-refractivity contribution >= 4 is 10.0 Å². The van der Waals surface area contributed by atoms with E-state index in [9.17, 15) is 13.5 Å². The Labute approximate surface area is 181 Å². The molecule has 1 aliphatic heterocycles. The summed E-state index contributed by atoms with van der Waals surface area (Å²) in [6.07, 6.45) is 3.15. The first-order chi connectivity index (χ1) is 14.3. The predicted molar refractivity (Wildman–Crippen MR) is 118 cm³/mol. The molecule has 1 N–H and O–H groups in total. The van der Waals surface area contributed by atoms with Gasteiger partial charge in [0.1, 0.15) is 16.7 Å². The molecule has 1 aromatic rings. The van der Waals surface area contributed by atoms with Gasteiger partial charge in [0.15, 0.2) is 0 Å². The molecule has 1 heterocycles. The van der Waals surface area contributed by atoms with Gasteiger partial charge in [-0.1, -0.05) is 25.7 Å². The number of likely N-dealkylation sites (N-methyl/N-ethyl adjacent to an activating group) is 1. The maximum absolute atomic E-state index is 13.4. The Morgan fingerprint density at radius 3 is 2.73 bits per heavy atom. The zero-order valence-corrected chi connectivity index (χ0v) is 19.3. The molecule has 3 atom stereocenters. The minimum absolute atomic E-state index is 0.0394. The smallest absolute Gasteiger partial charge is 0.247 e. The van der Waals surface area contributed by atoms with Crippen molar-refractivity contribution in [2.45, 2.75) is 57.1 Å². The fourth-order valence-corrected chi connectivity index (χ4v) is 5.54. The number of nitrogens with zero attached hydrogens (tertiary/aromatic N) is 2. The number of hydrogen-bond donors (Lipinski definition) is 1. The number of ether oxygens (including phenoxy) is 1. The number of aliphatic hydroxyl groups is 1. The van der Waals surface area contributed by atoms with Crippen LogP contribution in [0.1, 0.15) is 45.6 Å². The van der Waals surface area contributed by atoms with Gasteiger partial charge in [-0.15, -0.1) is 0 Å². The zero-order chi connectivity index (χ0) is 21.9. The number of rotatable bonds is 6.